The molecule has 2 aromatic carbocycles. The summed E-state index contributed by atoms with van der Waals surface area (Å²) < 4.78 is 5.61. The minimum Gasteiger partial charge on any atom is -0.449 e. The largest absolute Gasteiger partial charge is 0.449 e. The van der Waals surface area contributed by atoms with E-state index in [0.717, 1.165) is 35.1 Å². The Morgan fingerprint density at radius 3 is 2.17 bits per heavy atom. The van der Waals surface area contributed by atoms with Gasteiger partial charge in [0.25, 0.3) is 0 Å². The molecule has 35 heavy (non-hydrogen) atoms. The summed E-state index contributed by atoms with van der Waals surface area (Å²) in [6, 6.07) is 15.6. The molecule has 8 nitrogen and oxygen atoms in total. The fourth-order valence-corrected chi connectivity index (χ4v) is 4.48. The molecule has 0 spiro atoms. The van der Waals surface area contributed by atoms with Crippen molar-refractivity contribution in [3.63, 3.8) is 0 Å². The van der Waals surface area contributed by atoms with Crippen LogP contribution in [-0.2, 0) is 14.3 Å². The van der Waals surface area contributed by atoms with Crippen LogP contribution in [0.3, 0.4) is 0 Å². The fourth-order valence-electron chi connectivity index (χ4n) is 4.48. The average molecular weight is 481 g/mol. The van der Waals surface area contributed by atoms with Crippen molar-refractivity contribution in [3.8, 4) is 11.1 Å². The molecular weight excluding hydrogens is 444 g/mol. The first-order valence-electron chi connectivity index (χ1n) is 12.3. The Morgan fingerprint density at radius 2 is 1.57 bits per heavy atom. The maximum Gasteiger partial charge on any atom is 0.407 e. The minimum atomic E-state index is -0.673. The van der Waals surface area contributed by atoms with Crippen LogP contribution in [0.4, 0.5) is 4.79 Å². The normalized spacial score (nSPS) is 13.0. The molecule has 5 N–H and O–H groups in total. The molecule has 2 aromatic rings. The number of carbonyl (C=O) groups is 3. The molecule has 0 radical (unpaired) electrons. The minimum absolute atomic E-state index is 0.0353. The lowest BCUT2D eigenvalue weighted by molar-refractivity contribution is -0.123. The highest BCUT2D eigenvalue weighted by molar-refractivity contribution is 5.85. The quantitative estimate of drug-likeness (QED) is 0.160. The van der Waals surface area contributed by atoms with Gasteiger partial charge in [0, 0.05) is 18.9 Å². The number of benzene rings is 2. The number of alkyl carbamates (subject to hydrolysis) is 1. The highest BCUT2D eigenvalue weighted by Crippen LogP contribution is 2.44. The predicted octanol–water partition coefficient (Wildman–Crippen LogP) is 3.61. The molecule has 3 rings (SSSR count). The van der Waals surface area contributed by atoms with Gasteiger partial charge in [-0.3, -0.25) is 15.0 Å². The highest BCUT2D eigenvalue weighted by atomic mass is 16.5. The zero-order chi connectivity index (χ0) is 25.2. The third kappa shape index (κ3) is 7.29. The van der Waals surface area contributed by atoms with Crippen molar-refractivity contribution in [3.05, 3.63) is 59.7 Å². The summed E-state index contributed by atoms with van der Waals surface area (Å²) in [7, 11) is 0. The number of rotatable bonds is 12. The van der Waals surface area contributed by atoms with E-state index in [0.29, 0.717) is 25.8 Å². The van der Waals surface area contributed by atoms with E-state index in [2.05, 4.69) is 40.3 Å². The monoisotopic (exact) mass is 480 g/mol. The zero-order valence-corrected chi connectivity index (χ0v) is 20.5. The number of hydrazine groups is 1. The summed E-state index contributed by atoms with van der Waals surface area (Å²) in [6.45, 7) is 4.68. The molecule has 0 saturated heterocycles. The first kappa shape index (κ1) is 26.2. The lowest BCUT2D eigenvalue weighted by atomic mass is 9.98. The van der Waals surface area contributed by atoms with Gasteiger partial charge in [-0.2, -0.15) is 0 Å². The van der Waals surface area contributed by atoms with Crippen LogP contribution in [0.15, 0.2) is 48.5 Å². The Bertz CT molecular complexity index is 978. The topological polar surface area (TPSA) is 123 Å². The van der Waals surface area contributed by atoms with Crippen molar-refractivity contribution in [2.24, 2.45) is 11.8 Å². The number of nitrogens with two attached hydrogens (primary N) is 1. The first-order chi connectivity index (χ1) is 16.9. The van der Waals surface area contributed by atoms with Gasteiger partial charge in [-0.15, -0.1) is 0 Å². The van der Waals surface area contributed by atoms with Crippen LogP contribution in [0.1, 0.15) is 63.0 Å². The first-order valence-corrected chi connectivity index (χ1v) is 12.3. The number of fused-ring (bicyclic) bond motifs is 3. The Hall–Kier alpha value is -3.39. The van der Waals surface area contributed by atoms with Crippen LogP contribution in [0.25, 0.3) is 11.1 Å². The van der Waals surface area contributed by atoms with Crippen LogP contribution in [0.5, 0.6) is 0 Å². The van der Waals surface area contributed by atoms with Gasteiger partial charge in [0.15, 0.2) is 0 Å². The van der Waals surface area contributed by atoms with Gasteiger partial charge in [0.05, 0.1) is 0 Å². The molecule has 1 aliphatic rings. The van der Waals surface area contributed by atoms with E-state index in [9.17, 15) is 14.4 Å². The van der Waals surface area contributed by atoms with Gasteiger partial charge in [-0.05, 0) is 47.4 Å². The van der Waals surface area contributed by atoms with Crippen molar-refractivity contribution in [2.45, 2.75) is 57.9 Å². The van der Waals surface area contributed by atoms with Crippen LogP contribution < -0.4 is 21.9 Å². The number of carbonyl (C=O) groups excluding carboxylic acids is 3. The summed E-state index contributed by atoms with van der Waals surface area (Å²) in [5.74, 6) is 4.82. The standard InChI is InChI=1S/C27H36N4O4/c1-18(2)16-24(26(33)29-15-9-3-4-14-25(32)31-28)30-27(34)35-17-23-21-12-7-5-10-19(21)20-11-6-8-13-22(20)23/h5-8,10-13,18,23-24H,3-4,9,14-17,28H2,1-2H3,(H,29,33)(H,30,34)(H,31,32)/t24-/m1/s1. The maximum atomic E-state index is 12.7. The maximum absolute atomic E-state index is 12.7. The molecule has 0 fully saturated rings. The number of hydrogen-bond acceptors (Lipinski definition) is 5. The van der Waals surface area contributed by atoms with E-state index in [1.54, 1.807) is 0 Å². The number of hydrogen-bond donors (Lipinski definition) is 4. The Labute approximate surface area is 207 Å². The van der Waals surface area contributed by atoms with Crippen LogP contribution >= 0.6 is 0 Å². The third-order valence-electron chi connectivity index (χ3n) is 6.20. The van der Waals surface area contributed by atoms with E-state index in [4.69, 9.17) is 10.6 Å². The molecule has 0 aliphatic heterocycles. The number of amides is 3. The third-order valence-corrected chi connectivity index (χ3v) is 6.20. The summed E-state index contributed by atoms with van der Waals surface area (Å²) in [5.41, 5.74) is 6.71. The van der Waals surface area contributed by atoms with E-state index >= 15 is 0 Å². The van der Waals surface area contributed by atoms with Gasteiger partial charge in [0.2, 0.25) is 11.8 Å². The van der Waals surface area contributed by atoms with Crippen molar-refractivity contribution < 1.29 is 19.1 Å². The smallest absolute Gasteiger partial charge is 0.407 e. The van der Waals surface area contributed by atoms with E-state index in [-0.39, 0.29) is 30.3 Å². The second kappa shape index (κ2) is 12.9. The molecule has 8 heteroatoms. The molecule has 0 unspecified atom stereocenters. The summed E-state index contributed by atoms with van der Waals surface area (Å²) in [4.78, 5) is 36.5. The summed E-state index contributed by atoms with van der Waals surface area (Å²) >= 11 is 0. The van der Waals surface area contributed by atoms with Gasteiger partial charge in [-0.25, -0.2) is 10.6 Å². The molecule has 0 heterocycles. The number of nitrogens with one attached hydrogen (secondary N) is 3. The Morgan fingerprint density at radius 1 is 0.943 bits per heavy atom. The molecule has 0 saturated carbocycles. The Balaban J connectivity index is 1.50. The number of unbranched alkanes of at least 4 members (excludes halogenated alkanes) is 2. The number of ether oxygens (including phenoxy) is 1. The van der Waals surface area contributed by atoms with E-state index in [1.165, 1.54) is 0 Å². The van der Waals surface area contributed by atoms with Crippen molar-refractivity contribution in [2.75, 3.05) is 13.2 Å². The van der Waals surface area contributed by atoms with E-state index < -0.39 is 12.1 Å². The summed E-state index contributed by atoms with van der Waals surface area (Å²) in [5, 5.41) is 5.64. The molecule has 1 aliphatic carbocycles. The SMILES string of the molecule is CC(C)C[C@@H](NC(=O)OCC1c2ccccc2-c2ccccc21)C(=O)NCCCCCC(=O)NN. The van der Waals surface area contributed by atoms with Crippen molar-refractivity contribution in [1.82, 2.24) is 16.1 Å². The molecule has 0 aromatic heterocycles. The molecular formula is C27H36N4O4. The lowest BCUT2D eigenvalue weighted by Crippen LogP contribution is -2.48. The van der Waals surface area contributed by atoms with Gasteiger partial charge >= 0.3 is 6.09 Å². The second-order valence-corrected chi connectivity index (χ2v) is 9.32. The van der Waals surface area contributed by atoms with Crippen molar-refractivity contribution in [1.29, 1.82) is 0 Å². The van der Waals surface area contributed by atoms with Gasteiger partial charge in [0.1, 0.15) is 12.6 Å². The summed E-state index contributed by atoms with van der Waals surface area (Å²) in [6.07, 6.45) is 2.51. The zero-order valence-electron chi connectivity index (χ0n) is 20.5. The molecule has 0 bridgehead atoms. The van der Waals surface area contributed by atoms with Crippen LogP contribution in [0, 0.1) is 5.92 Å². The fraction of sp³-hybridized carbons (Fsp3) is 0.444. The van der Waals surface area contributed by atoms with Crippen LogP contribution in [0.2, 0.25) is 0 Å². The second-order valence-electron chi connectivity index (χ2n) is 9.32. The van der Waals surface area contributed by atoms with Crippen molar-refractivity contribution >= 4 is 17.9 Å². The molecule has 1 atom stereocenters. The predicted molar refractivity (Wildman–Crippen MR) is 135 cm³/mol. The Kier molecular flexibility index (Phi) is 9.66. The van der Waals surface area contributed by atoms with Gasteiger partial charge < -0.3 is 15.4 Å². The van der Waals surface area contributed by atoms with Gasteiger partial charge in [-0.1, -0.05) is 68.8 Å². The highest BCUT2D eigenvalue weighted by Gasteiger charge is 2.30. The lowest BCUT2D eigenvalue weighted by Gasteiger charge is -2.21. The van der Waals surface area contributed by atoms with Crippen LogP contribution in [-0.4, -0.2) is 37.1 Å². The average Bonchev–Trinajstić information content (AvgIpc) is 3.17. The molecule has 3 amide bonds. The molecule has 188 valence electrons. The van der Waals surface area contributed by atoms with E-state index in [1.807, 2.05) is 38.1 Å².